The maximum absolute atomic E-state index is 12.5. The maximum Gasteiger partial charge on any atom is 0.255 e. The normalized spacial score (nSPS) is 12.0. The van der Waals surface area contributed by atoms with Gasteiger partial charge in [0, 0.05) is 24.3 Å². The zero-order valence-corrected chi connectivity index (χ0v) is 17.0. The minimum absolute atomic E-state index is 0.150. The molecule has 0 radical (unpaired) electrons. The Kier molecular flexibility index (Phi) is 7.05. The summed E-state index contributed by atoms with van der Waals surface area (Å²) in [5.41, 5.74) is 2.44. The van der Waals surface area contributed by atoms with E-state index in [2.05, 4.69) is 15.5 Å². The van der Waals surface area contributed by atoms with Crippen molar-refractivity contribution in [2.75, 3.05) is 33.1 Å². The van der Waals surface area contributed by atoms with Gasteiger partial charge in [-0.1, -0.05) is 12.1 Å². The van der Waals surface area contributed by atoms with Crippen molar-refractivity contribution in [1.82, 2.24) is 10.2 Å². The van der Waals surface area contributed by atoms with Crippen molar-refractivity contribution in [2.24, 2.45) is 0 Å². The molecule has 0 aliphatic heterocycles. The first-order chi connectivity index (χ1) is 14.1. The number of likely N-dealkylation sites (N-methyl/N-ethyl adjacent to an activating group) is 1. The van der Waals surface area contributed by atoms with E-state index >= 15 is 0 Å². The van der Waals surface area contributed by atoms with Crippen molar-refractivity contribution in [3.05, 3.63) is 83.8 Å². The molecule has 6 nitrogen and oxygen atoms in total. The van der Waals surface area contributed by atoms with Gasteiger partial charge < -0.3 is 19.8 Å². The van der Waals surface area contributed by atoms with Gasteiger partial charge >= 0.3 is 0 Å². The third kappa shape index (κ3) is 5.70. The third-order valence-electron chi connectivity index (χ3n) is 4.70. The second-order valence-corrected chi connectivity index (χ2v) is 7.01. The number of methoxy groups -OCH3 is 1. The number of furan rings is 1. The van der Waals surface area contributed by atoms with Crippen molar-refractivity contribution in [1.29, 1.82) is 0 Å². The summed E-state index contributed by atoms with van der Waals surface area (Å²) in [7, 11) is 5.67. The van der Waals surface area contributed by atoms with Crippen molar-refractivity contribution in [3.63, 3.8) is 0 Å². The number of carbonyl (C=O) groups is 1. The Labute approximate surface area is 171 Å². The summed E-state index contributed by atoms with van der Waals surface area (Å²) in [6.07, 6.45) is 1.70. The molecule has 0 saturated carbocycles. The molecule has 0 fully saturated rings. The van der Waals surface area contributed by atoms with Gasteiger partial charge in [0.25, 0.3) is 5.91 Å². The van der Waals surface area contributed by atoms with Crippen LogP contribution in [0.2, 0.25) is 0 Å². The fourth-order valence-electron chi connectivity index (χ4n) is 3.08. The van der Waals surface area contributed by atoms with E-state index in [1.807, 2.05) is 50.5 Å². The predicted octanol–water partition coefficient (Wildman–Crippen LogP) is 3.93. The summed E-state index contributed by atoms with van der Waals surface area (Å²) in [6.45, 7) is 1.44. The highest BCUT2D eigenvalue weighted by Gasteiger charge is 2.16. The molecule has 1 aromatic heterocycles. The second kappa shape index (κ2) is 9.91. The molecule has 1 unspecified atom stereocenters. The predicted molar refractivity (Wildman–Crippen MR) is 114 cm³/mol. The van der Waals surface area contributed by atoms with E-state index in [4.69, 9.17) is 9.15 Å². The summed E-state index contributed by atoms with van der Waals surface area (Å²) < 4.78 is 10.7. The quantitative estimate of drug-likeness (QED) is 0.577. The van der Waals surface area contributed by atoms with Gasteiger partial charge in [-0.05, 0) is 68.2 Å². The third-order valence-corrected chi connectivity index (χ3v) is 4.70. The summed E-state index contributed by atoms with van der Waals surface area (Å²) in [4.78, 5) is 14.6. The topological polar surface area (TPSA) is 66.7 Å². The second-order valence-electron chi connectivity index (χ2n) is 7.01. The fourth-order valence-corrected chi connectivity index (χ4v) is 3.08. The lowest BCUT2D eigenvalue weighted by atomic mass is 10.1. The number of ether oxygens (including phenoxy) is 1. The van der Waals surface area contributed by atoms with Gasteiger partial charge in [-0.3, -0.25) is 9.69 Å². The van der Waals surface area contributed by atoms with Gasteiger partial charge in [-0.25, -0.2) is 0 Å². The monoisotopic (exact) mass is 393 g/mol. The van der Waals surface area contributed by atoms with Crippen LogP contribution in [0.1, 0.15) is 27.7 Å². The zero-order valence-electron chi connectivity index (χ0n) is 17.0. The van der Waals surface area contributed by atoms with E-state index in [0.29, 0.717) is 12.1 Å². The molecule has 29 heavy (non-hydrogen) atoms. The summed E-state index contributed by atoms with van der Waals surface area (Å²) >= 11 is 0. The number of carbonyl (C=O) groups excluding carboxylic acids is 1. The Bertz CT molecular complexity index is 905. The molecule has 6 heteroatoms. The standard InChI is InChI=1S/C23H27N3O3/c1-26(2)21(22-8-5-13-29-22)16-24-15-17-6-4-7-19(14-17)25-23(27)18-9-11-20(28-3)12-10-18/h4-14,21,24H,15-16H2,1-3H3,(H,25,27). The Hall–Kier alpha value is -3.09. The molecule has 152 valence electrons. The molecule has 3 aromatic rings. The average molecular weight is 393 g/mol. The van der Waals surface area contributed by atoms with Crippen molar-refractivity contribution in [2.45, 2.75) is 12.6 Å². The largest absolute Gasteiger partial charge is 0.497 e. The van der Waals surface area contributed by atoms with Gasteiger partial charge in [0.2, 0.25) is 0 Å². The highest BCUT2D eigenvalue weighted by Crippen LogP contribution is 2.18. The Morgan fingerprint density at radius 3 is 2.55 bits per heavy atom. The van der Waals surface area contributed by atoms with Crippen molar-refractivity contribution in [3.8, 4) is 5.75 Å². The first kappa shape index (κ1) is 20.6. The van der Waals surface area contributed by atoms with Gasteiger partial charge in [0.15, 0.2) is 0 Å². The van der Waals surface area contributed by atoms with Crippen LogP contribution in [-0.4, -0.2) is 38.6 Å². The summed E-state index contributed by atoms with van der Waals surface area (Å²) in [5, 5.41) is 6.41. The lowest BCUT2D eigenvalue weighted by Crippen LogP contribution is -2.30. The average Bonchev–Trinajstić information content (AvgIpc) is 3.25. The number of hydrogen-bond donors (Lipinski definition) is 2. The van der Waals surface area contributed by atoms with Gasteiger partial charge in [-0.2, -0.15) is 0 Å². The molecular formula is C23H27N3O3. The van der Waals surface area contributed by atoms with E-state index in [9.17, 15) is 4.79 Å². The molecule has 3 rings (SSSR count). The lowest BCUT2D eigenvalue weighted by Gasteiger charge is -2.22. The number of rotatable bonds is 9. The summed E-state index contributed by atoms with van der Waals surface area (Å²) in [6, 6.07) is 18.9. The first-order valence-corrected chi connectivity index (χ1v) is 9.51. The Morgan fingerprint density at radius 2 is 1.90 bits per heavy atom. The van der Waals surface area contributed by atoms with Gasteiger partial charge in [0.1, 0.15) is 11.5 Å². The zero-order chi connectivity index (χ0) is 20.6. The van der Waals surface area contributed by atoms with Gasteiger partial charge in [-0.15, -0.1) is 0 Å². The van der Waals surface area contributed by atoms with E-state index in [1.54, 1.807) is 37.6 Å². The molecule has 0 aliphatic carbocycles. The van der Waals surface area contributed by atoms with Crippen LogP contribution in [0.4, 0.5) is 5.69 Å². The Morgan fingerprint density at radius 1 is 1.10 bits per heavy atom. The molecule has 0 saturated heterocycles. The molecule has 2 aromatic carbocycles. The molecule has 0 aliphatic rings. The highest BCUT2D eigenvalue weighted by atomic mass is 16.5. The van der Waals surface area contributed by atoms with Crippen LogP contribution in [0.3, 0.4) is 0 Å². The SMILES string of the molecule is COc1ccc(C(=O)Nc2cccc(CNCC(c3ccco3)N(C)C)c2)cc1. The van der Waals surface area contributed by atoms with Crippen LogP contribution in [-0.2, 0) is 6.54 Å². The number of anilines is 1. The first-order valence-electron chi connectivity index (χ1n) is 9.51. The molecule has 1 atom stereocenters. The highest BCUT2D eigenvalue weighted by molar-refractivity contribution is 6.04. The van der Waals surface area contributed by atoms with Crippen LogP contribution < -0.4 is 15.4 Å². The fraction of sp³-hybridized carbons (Fsp3) is 0.261. The van der Waals surface area contributed by atoms with Crippen molar-refractivity contribution >= 4 is 11.6 Å². The van der Waals surface area contributed by atoms with Gasteiger partial charge in [0.05, 0.1) is 19.4 Å². The Balaban J connectivity index is 1.56. The number of nitrogens with one attached hydrogen (secondary N) is 2. The van der Waals surface area contributed by atoms with E-state index < -0.39 is 0 Å². The molecule has 0 spiro atoms. The molecule has 1 heterocycles. The maximum atomic E-state index is 12.5. The van der Waals surface area contributed by atoms with Crippen LogP contribution >= 0.6 is 0 Å². The molecule has 0 bridgehead atoms. The number of amides is 1. The smallest absolute Gasteiger partial charge is 0.255 e. The van der Waals surface area contributed by atoms with E-state index in [-0.39, 0.29) is 11.9 Å². The molecular weight excluding hydrogens is 366 g/mol. The lowest BCUT2D eigenvalue weighted by molar-refractivity contribution is 0.102. The van der Waals surface area contributed by atoms with Crippen molar-refractivity contribution < 1.29 is 13.9 Å². The number of nitrogens with zero attached hydrogens (tertiary/aromatic N) is 1. The van der Waals surface area contributed by atoms with Crippen LogP contribution in [0.15, 0.2) is 71.3 Å². The van der Waals surface area contributed by atoms with Crippen LogP contribution in [0.5, 0.6) is 5.75 Å². The number of hydrogen-bond acceptors (Lipinski definition) is 5. The summed E-state index contributed by atoms with van der Waals surface area (Å²) in [5.74, 6) is 1.51. The molecule has 2 N–H and O–H groups in total. The van der Waals surface area contributed by atoms with E-state index in [1.165, 1.54) is 0 Å². The number of benzene rings is 2. The molecule has 1 amide bonds. The minimum atomic E-state index is -0.150. The van der Waals surface area contributed by atoms with Crippen LogP contribution in [0, 0.1) is 0 Å². The van der Waals surface area contributed by atoms with Crippen LogP contribution in [0.25, 0.3) is 0 Å². The van der Waals surface area contributed by atoms with E-state index in [0.717, 1.165) is 29.3 Å². The minimum Gasteiger partial charge on any atom is -0.497 e.